The Kier molecular flexibility index (Phi) is 6.59. The molecular formula is C17H26ClN3O2. The van der Waals surface area contributed by atoms with E-state index in [0.717, 1.165) is 0 Å². The number of nitrogens with two attached hydrogens (primary N) is 1. The van der Waals surface area contributed by atoms with Crippen LogP contribution in [0, 0.1) is 11.8 Å². The van der Waals surface area contributed by atoms with Gasteiger partial charge in [0.25, 0.3) is 5.91 Å². The molecule has 1 unspecified atom stereocenters. The van der Waals surface area contributed by atoms with E-state index in [1.54, 1.807) is 32.0 Å². The summed E-state index contributed by atoms with van der Waals surface area (Å²) in [5.41, 5.74) is 6.12. The van der Waals surface area contributed by atoms with Crippen LogP contribution in [0.2, 0.25) is 5.02 Å². The predicted molar refractivity (Wildman–Crippen MR) is 94.7 cm³/mol. The van der Waals surface area contributed by atoms with Gasteiger partial charge in [-0.05, 0) is 31.0 Å². The number of benzene rings is 1. The molecule has 0 heterocycles. The van der Waals surface area contributed by atoms with E-state index in [1.807, 2.05) is 20.8 Å². The van der Waals surface area contributed by atoms with E-state index in [1.165, 1.54) is 0 Å². The van der Waals surface area contributed by atoms with Crippen LogP contribution >= 0.6 is 11.6 Å². The molecule has 0 aliphatic rings. The third-order valence-electron chi connectivity index (χ3n) is 4.10. The van der Waals surface area contributed by atoms with E-state index in [0.29, 0.717) is 22.8 Å². The number of amides is 2. The summed E-state index contributed by atoms with van der Waals surface area (Å²) in [6.45, 7) is 9.80. The topological polar surface area (TPSA) is 84.2 Å². The zero-order valence-corrected chi connectivity index (χ0v) is 15.1. The first-order chi connectivity index (χ1) is 10.6. The van der Waals surface area contributed by atoms with Gasteiger partial charge in [-0.1, -0.05) is 39.3 Å². The molecule has 1 rings (SSSR count). The summed E-state index contributed by atoms with van der Waals surface area (Å²) < 4.78 is 0. The zero-order chi connectivity index (χ0) is 17.8. The van der Waals surface area contributed by atoms with Gasteiger partial charge in [0, 0.05) is 18.2 Å². The lowest BCUT2D eigenvalue weighted by Crippen LogP contribution is -2.55. The Morgan fingerprint density at radius 3 is 2.35 bits per heavy atom. The number of anilines is 1. The van der Waals surface area contributed by atoms with Crippen molar-refractivity contribution in [3.63, 3.8) is 0 Å². The van der Waals surface area contributed by atoms with Gasteiger partial charge in [0.15, 0.2) is 0 Å². The summed E-state index contributed by atoms with van der Waals surface area (Å²) in [5.74, 6) is -0.409. The molecule has 5 nitrogen and oxygen atoms in total. The van der Waals surface area contributed by atoms with Gasteiger partial charge in [0.05, 0.1) is 16.1 Å². The van der Waals surface area contributed by atoms with E-state index in [4.69, 9.17) is 17.3 Å². The molecule has 0 radical (unpaired) electrons. The summed E-state index contributed by atoms with van der Waals surface area (Å²) in [7, 11) is 0. The molecule has 1 aromatic carbocycles. The first-order valence-electron chi connectivity index (χ1n) is 7.73. The Morgan fingerprint density at radius 1 is 1.26 bits per heavy atom. The molecule has 0 aliphatic heterocycles. The summed E-state index contributed by atoms with van der Waals surface area (Å²) in [6.07, 6.45) is 0. The number of nitrogens with one attached hydrogen (secondary N) is 2. The molecular weight excluding hydrogens is 314 g/mol. The van der Waals surface area contributed by atoms with Crippen molar-refractivity contribution in [2.75, 3.05) is 11.9 Å². The van der Waals surface area contributed by atoms with Gasteiger partial charge in [-0.2, -0.15) is 0 Å². The highest BCUT2D eigenvalue weighted by molar-refractivity contribution is 6.34. The van der Waals surface area contributed by atoms with Crippen molar-refractivity contribution >= 4 is 29.1 Å². The lowest BCUT2D eigenvalue weighted by atomic mass is 9.88. The number of carbonyl (C=O) groups excluding carboxylic acids is 2. The molecule has 23 heavy (non-hydrogen) atoms. The Balaban J connectivity index is 3.03. The average Bonchev–Trinajstić information content (AvgIpc) is 2.48. The molecule has 2 amide bonds. The van der Waals surface area contributed by atoms with Crippen LogP contribution in [0.4, 0.5) is 5.69 Å². The smallest absolute Gasteiger partial charge is 0.253 e. The van der Waals surface area contributed by atoms with Crippen molar-refractivity contribution < 1.29 is 9.59 Å². The third kappa shape index (κ3) is 4.94. The summed E-state index contributed by atoms with van der Waals surface area (Å²) in [4.78, 5) is 24.3. The van der Waals surface area contributed by atoms with Crippen LogP contribution in [0.15, 0.2) is 18.2 Å². The van der Waals surface area contributed by atoms with Crippen molar-refractivity contribution in [2.24, 2.45) is 17.6 Å². The fraction of sp³-hybridized carbons (Fsp3) is 0.529. The molecule has 0 saturated heterocycles. The fourth-order valence-electron chi connectivity index (χ4n) is 1.82. The molecule has 0 fully saturated rings. The van der Waals surface area contributed by atoms with Crippen molar-refractivity contribution in [1.29, 1.82) is 0 Å². The SMILES string of the molecule is CC(C)C(=O)Nc1ccc(Cl)c(C(=O)NC(C)(CN)C(C)C)c1. The largest absolute Gasteiger partial charge is 0.345 e. The number of rotatable bonds is 6. The quantitative estimate of drug-likeness (QED) is 0.744. The number of hydrogen-bond acceptors (Lipinski definition) is 3. The maximum Gasteiger partial charge on any atom is 0.253 e. The number of halogens is 1. The monoisotopic (exact) mass is 339 g/mol. The van der Waals surface area contributed by atoms with E-state index < -0.39 is 5.54 Å². The molecule has 6 heteroatoms. The minimum atomic E-state index is -0.530. The number of carbonyl (C=O) groups is 2. The third-order valence-corrected chi connectivity index (χ3v) is 4.43. The van der Waals surface area contributed by atoms with Crippen LogP contribution in [0.25, 0.3) is 0 Å². The Morgan fingerprint density at radius 2 is 1.87 bits per heavy atom. The molecule has 0 saturated carbocycles. The molecule has 1 aromatic rings. The minimum Gasteiger partial charge on any atom is -0.345 e. The second-order valence-electron chi connectivity index (χ2n) is 6.57. The summed E-state index contributed by atoms with van der Waals surface area (Å²) in [5, 5.41) is 6.03. The van der Waals surface area contributed by atoms with Crippen molar-refractivity contribution in [3.8, 4) is 0 Å². The molecule has 0 aliphatic carbocycles. The van der Waals surface area contributed by atoms with E-state index >= 15 is 0 Å². The van der Waals surface area contributed by atoms with E-state index in [2.05, 4.69) is 10.6 Å². The normalized spacial score (nSPS) is 13.8. The van der Waals surface area contributed by atoms with Crippen LogP contribution in [0.3, 0.4) is 0 Å². The van der Waals surface area contributed by atoms with Gasteiger partial charge in [0.2, 0.25) is 5.91 Å². The van der Waals surface area contributed by atoms with Crippen LogP contribution in [-0.4, -0.2) is 23.9 Å². The first-order valence-corrected chi connectivity index (χ1v) is 8.11. The number of hydrogen-bond donors (Lipinski definition) is 3. The van der Waals surface area contributed by atoms with Crippen LogP contribution in [0.5, 0.6) is 0 Å². The Labute approximate surface area is 143 Å². The highest BCUT2D eigenvalue weighted by atomic mass is 35.5. The van der Waals surface area contributed by atoms with Gasteiger partial charge in [-0.3, -0.25) is 9.59 Å². The molecule has 0 bridgehead atoms. The molecule has 0 spiro atoms. The van der Waals surface area contributed by atoms with Crippen molar-refractivity contribution in [2.45, 2.75) is 40.2 Å². The van der Waals surface area contributed by atoms with E-state index in [-0.39, 0.29) is 23.7 Å². The predicted octanol–water partition coefficient (Wildman–Crippen LogP) is 3.04. The Hall–Kier alpha value is -1.59. The standard InChI is InChI=1S/C17H26ClN3O2/c1-10(2)15(22)20-12-6-7-14(18)13(8-12)16(23)21-17(5,9-19)11(3)4/h6-8,10-11H,9,19H2,1-5H3,(H,20,22)(H,21,23). The van der Waals surface area contributed by atoms with Gasteiger partial charge >= 0.3 is 0 Å². The second-order valence-corrected chi connectivity index (χ2v) is 6.98. The second kappa shape index (κ2) is 7.79. The van der Waals surface area contributed by atoms with Crippen molar-refractivity contribution in [3.05, 3.63) is 28.8 Å². The first kappa shape index (κ1) is 19.5. The lowest BCUT2D eigenvalue weighted by Gasteiger charge is -2.33. The highest BCUT2D eigenvalue weighted by Crippen LogP contribution is 2.23. The maximum atomic E-state index is 12.6. The Bertz CT molecular complexity index is 587. The zero-order valence-electron chi connectivity index (χ0n) is 14.4. The molecule has 4 N–H and O–H groups in total. The van der Waals surface area contributed by atoms with E-state index in [9.17, 15) is 9.59 Å². The molecule has 1 atom stereocenters. The summed E-state index contributed by atoms with van der Waals surface area (Å²) in [6, 6.07) is 4.85. The van der Waals surface area contributed by atoms with Gasteiger partial charge < -0.3 is 16.4 Å². The minimum absolute atomic E-state index is 0.118. The van der Waals surface area contributed by atoms with Gasteiger partial charge in [-0.15, -0.1) is 0 Å². The maximum absolute atomic E-state index is 12.6. The molecule has 128 valence electrons. The summed E-state index contributed by atoms with van der Waals surface area (Å²) >= 11 is 6.14. The van der Waals surface area contributed by atoms with Gasteiger partial charge in [0.1, 0.15) is 0 Å². The van der Waals surface area contributed by atoms with Crippen molar-refractivity contribution in [1.82, 2.24) is 5.32 Å². The van der Waals surface area contributed by atoms with Crippen LogP contribution in [-0.2, 0) is 4.79 Å². The average molecular weight is 340 g/mol. The molecule has 0 aromatic heterocycles. The highest BCUT2D eigenvalue weighted by Gasteiger charge is 2.29. The van der Waals surface area contributed by atoms with Crippen LogP contribution < -0.4 is 16.4 Å². The lowest BCUT2D eigenvalue weighted by molar-refractivity contribution is -0.118. The van der Waals surface area contributed by atoms with Gasteiger partial charge in [-0.25, -0.2) is 0 Å². The van der Waals surface area contributed by atoms with Crippen LogP contribution in [0.1, 0.15) is 45.0 Å². The fourth-order valence-corrected chi connectivity index (χ4v) is 2.02.